The molecule has 2 bridgehead atoms. The molecule has 3 aliphatic rings. The van der Waals surface area contributed by atoms with Gasteiger partial charge >= 0.3 is 0 Å². The Balaban J connectivity index is 1.92. The summed E-state index contributed by atoms with van der Waals surface area (Å²) in [5, 5.41) is 0. The minimum Gasteiger partial charge on any atom is -0.377 e. The number of carbonyl (C=O) groups is 1. The molecule has 2 atom stereocenters. The Kier molecular flexibility index (Phi) is 2.02. The average molecular weight is 170 g/mol. The lowest BCUT2D eigenvalue weighted by Crippen LogP contribution is -2.65. The van der Waals surface area contributed by atoms with Crippen molar-refractivity contribution in [1.29, 1.82) is 0 Å². The summed E-state index contributed by atoms with van der Waals surface area (Å²) in [4.78, 5) is 13.4. The summed E-state index contributed by atoms with van der Waals surface area (Å²) in [7, 11) is 0. The highest BCUT2D eigenvalue weighted by Crippen LogP contribution is 2.30. The van der Waals surface area contributed by atoms with Crippen molar-refractivity contribution in [3.05, 3.63) is 0 Å². The fourth-order valence-electron chi connectivity index (χ4n) is 2.00. The zero-order chi connectivity index (χ0) is 8.55. The second-order valence-electron chi connectivity index (χ2n) is 3.42. The first-order valence-electron chi connectivity index (χ1n) is 4.42. The SMILES string of the molecule is NCCC(=O)N1C2COCC1C2. The van der Waals surface area contributed by atoms with E-state index in [1.54, 1.807) is 0 Å². The molecule has 0 spiro atoms. The Hall–Kier alpha value is -0.610. The molecule has 0 aromatic carbocycles. The van der Waals surface area contributed by atoms with Crippen LogP contribution in [0.4, 0.5) is 0 Å². The lowest BCUT2D eigenvalue weighted by Gasteiger charge is -2.52. The van der Waals surface area contributed by atoms with Gasteiger partial charge < -0.3 is 15.4 Å². The molecule has 3 fully saturated rings. The summed E-state index contributed by atoms with van der Waals surface area (Å²) in [5.41, 5.74) is 5.32. The van der Waals surface area contributed by atoms with Gasteiger partial charge in [-0.1, -0.05) is 0 Å². The van der Waals surface area contributed by atoms with E-state index in [1.807, 2.05) is 4.90 Å². The Morgan fingerprint density at radius 1 is 1.50 bits per heavy atom. The van der Waals surface area contributed by atoms with E-state index in [4.69, 9.17) is 10.5 Å². The van der Waals surface area contributed by atoms with E-state index in [-0.39, 0.29) is 5.91 Å². The minimum atomic E-state index is 0.196. The Bertz CT molecular complexity index is 181. The summed E-state index contributed by atoms with van der Waals surface area (Å²) in [6.45, 7) is 1.88. The normalized spacial score (nSPS) is 32.9. The Morgan fingerprint density at radius 3 is 2.67 bits per heavy atom. The van der Waals surface area contributed by atoms with Crippen LogP contribution in [0.25, 0.3) is 0 Å². The number of amides is 1. The van der Waals surface area contributed by atoms with Crippen LogP contribution in [0.15, 0.2) is 0 Å². The number of rotatable bonds is 2. The van der Waals surface area contributed by atoms with Crippen LogP contribution in [-0.2, 0) is 9.53 Å². The van der Waals surface area contributed by atoms with E-state index in [0.29, 0.717) is 38.3 Å². The molecule has 3 heterocycles. The van der Waals surface area contributed by atoms with Gasteiger partial charge in [-0.3, -0.25) is 4.79 Å². The lowest BCUT2D eigenvalue weighted by atomic mass is 9.91. The maximum absolute atomic E-state index is 11.4. The highest BCUT2D eigenvalue weighted by Gasteiger charge is 2.44. The summed E-state index contributed by atoms with van der Waals surface area (Å²) in [6.07, 6.45) is 1.60. The number of carbonyl (C=O) groups excluding carboxylic acids is 1. The molecule has 3 saturated heterocycles. The second-order valence-corrected chi connectivity index (χ2v) is 3.42. The summed E-state index contributed by atoms with van der Waals surface area (Å²) in [6, 6.07) is 0.700. The van der Waals surface area contributed by atoms with E-state index in [2.05, 4.69) is 0 Å². The number of morpholine rings is 1. The molecule has 3 rings (SSSR count). The summed E-state index contributed by atoms with van der Waals surface area (Å²) >= 11 is 0. The third-order valence-electron chi connectivity index (χ3n) is 2.60. The van der Waals surface area contributed by atoms with E-state index < -0.39 is 0 Å². The van der Waals surface area contributed by atoms with Gasteiger partial charge in [-0.15, -0.1) is 0 Å². The van der Waals surface area contributed by atoms with Crippen molar-refractivity contribution < 1.29 is 9.53 Å². The molecule has 0 saturated carbocycles. The first-order valence-corrected chi connectivity index (χ1v) is 4.42. The van der Waals surface area contributed by atoms with Crippen LogP contribution in [0.2, 0.25) is 0 Å². The highest BCUT2D eigenvalue weighted by atomic mass is 16.5. The highest BCUT2D eigenvalue weighted by molar-refractivity contribution is 5.78. The molecular weight excluding hydrogens is 156 g/mol. The molecule has 0 aromatic heterocycles. The molecule has 1 amide bonds. The monoisotopic (exact) mass is 170 g/mol. The number of nitrogens with zero attached hydrogens (tertiary/aromatic N) is 1. The van der Waals surface area contributed by atoms with Crippen molar-refractivity contribution in [3.8, 4) is 0 Å². The molecule has 68 valence electrons. The zero-order valence-electron chi connectivity index (χ0n) is 7.03. The van der Waals surface area contributed by atoms with Gasteiger partial charge in [0.25, 0.3) is 0 Å². The van der Waals surface area contributed by atoms with Crippen LogP contribution in [0.1, 0.15) is 12.8 Å². The number of ether oxygens (including phenoxy) is 1. The third-order valence-corrected chi connectivity index (χ3v) is 2.60. The van der Waals surface area contributed by atoms with Crippen LogP contribution >= 0.6 is 0 Å². The summed E-state index contributed by atoms with van der Waals surface area (Å²) in [5.74, 6) is 0.196. The molecule has 4 heteroatoms. The molecule has 0 aliphatic carbocycles. The van der Waals surface area contributed by atoms with E-state index in [0.717, 1.165) is 6.42 Å². The van der Waals surface area contributed by atoms with E-state index in [9.17, 15) is 4.79 Å². The smallest absolute Gasteiger partial charge is 0.224 e. The van der Waals surface area contributed by atoms with Crippen LogP contribution in [0.3, 0.4) is 0 Å². The first-order chi connectivity index (χ1) is 5.83. The lowest BCUT2D eigenvalue weighted by molar-refractivity contribution is -0.167. The molecule has 4 nitrogen and oxygen atoms in total. The van der Waals surface area contributed by atoms with Crippen LogP contribution in [0, 0.1) is 0 Å². The van der Waals surface area contributed by atoms with Crippen molar-refractivity contribution in [2.24, 2.45) is 5.73 Å². The van der Waals surface area contributed by atoms with Crippen LogP contribution in [0.5, 0.6) is 0 Å². The average Bonchev–Trinajstić information content (AvgIpc) is 2.05. The van der Waals surface area contributed by atoms with Gasteiger partial charge in [-0.25, -0.2) is 0 Å². The van der Waals surface area contributed by atoms with Crippen molar-refractivity contribution in [1.82, 2.24) is 4.90 Å². The van der Waals surface area contributed by atoms with Gasteiger partial charge in [0, 0.05) is 13.0 Å². The van der Waals surface area contributed by atoms with Gasteiger partial charge in [0.2, 0.25) is 5.91 Å². The Labute approximate surface area is 71.7 Å². The quantitative estimate of drug-likeness (QED) is 0.598. The number of hydrogen-bond acceptors (Lipinski definition) is 3. The largest absolute Gasteiger partial charge is 0.377 e. The van der Waals surface area contributed by atoms with E-state index in [1.165, 1.54) is 0 Å². The van der Waals surface area contributed by atoms with Crippen molar-refractivity contribution in [2.45, 2.75) is 24.9 Å². The second kappa shape index (κ2) is 3.03. The topological polar surface area (TPSA) is 55.6 Å². The number of hydrogen-bond donors (Lipinski definition) is 1. The first kappa shape index (κ1) is 8.01. The van der Waals surface area contributed by atoms with Gasteiger partial charge in [-0.05, 0) is 6.42 Å². The predicted molar refractivity (Wildman–Crippen MR) is 43.5 cm³/mol. The van der Waals surface area contributed by atoms with Crippen molar-refractivity contribution in [3.63, 3.8) is 0 Å². The molecule has 0 radical (unpaired) electrons. The van der Waals surface area contributed by atoms with Gasteiger partial charge in [0.1, 0.15) is 0 Å². The molecule has 0 aromatic rings. The predicted octanol–water partition coefficient (Wildman–Crippen LogP) is -0.665. The molecule has 3 aliphatic heterocycles. The van der Waals surface area contributed by atoms with Gasteiger partial charge in [0.05, 0.1) is 25.3 Å². The van der Waals surface area contributed by atoms with Gasteiger partial charge in [-0.2, -0.15) is 0 Å². The molecular formula is C8H14N2O2. The number of nitrogens with two attached hydrogens (primary N) is 1. The fraction of sp³-hybridized carbons (Fsp3) is 0.875. The van der Waals surface area contributed by atoms with Crippen molar-refractivity contribution in [2.75, 3.05) is 19.8 Å². The molecule has 2 N–H and O–H groups in total. The maximum atomic E-state index is 11.4. The van der Waals surface area contributed by atoms with E-state index >= 15 is 0 Å². The number of fused-ring (bicyclic) bond motifs is 2. The molecule has 2 unspecified atom stereocenters. The van der Waals surface area contributed by atoms with Crippen LogP contribution in [-0.4, -0.2) is 42.6 Å². The fourth-order valence-corrected chi connectivity index (χ4v) is 2.00. The summed E-state index contributed by atoms with van der Waals surface area (Å²) < 4.78 is 5.26. The molecule has 12 heavy (non-hydrogen) atoms. The van der Waals surface area contributed by atoms with Crippen molar-refractivity contribution >= 4 is 5.91 Å². The Morgan fingerprint density at radius 2 is 2.17 bits per heavy atom. The standard InChI is InChI=1S/C8H14N2O2/c9-2-1-8(11)10-6-3-7(10)5-12-4-6/h6-7H,1-5,9H2. The van der Waals surface area contributed by atoms with Crippen LogP contribution < -0.4 is 5.73 Å². The zero-order valence-corrected chi connectivity index (χ0v) is 7.03. The minimum absolute atomic E-state index is 0.196. The third kappa shape index (κ3) is 1.11. The van der Waals surface area contributed by atoms with Gasteiger partial charge in [0.15, 0.2) is 0 Å². The maximum Gasteiger partial charge on any atom is 0.224 e.